The lowest BCUT2D eigenvalue weighted by molar-refractivity contribution is 0.0636. The summed E-state index contributed by atoms with van der Waals surface area (Å²) in [5.41, 5.74) is 2.28. The van der Waals surface area contributed by atoms with E-state index in [9.17, 15) is 14.4 Å². The zero-order valence-electron chi connectivity index (χ0n) is 15.9. The van der Waals surface area contributed by atoms with Crippen LogP contribution in [0.25, 0.3) is 11.4 Å². The molecule has 0 saturated heterocycles. The summed E-state index contributed by atoms with van der Waals surface area (Å²) < 4.78 is 0. The third-order valence-electron chi connectivity index (χ3n) is 4.43. The maximum atomic E-state index is 12.6. The van der Waals surface area contributed by atoms with E-state index in [1.165, 1.54) is 28.4 Å². The molecule has 3 aromatic rings. The predicted octanol–water partition coefficient (Wildman–Crippen LogP) is 3.71. The largest absolute Gasteiger partial charge is 0.298 e. The van der Waals surface area contributed by atoms with E-state index in [4.69, 9.17) is 0 Å². The Balaban J connectivity index is 1.53. The Morgan fingerprint density at radius 1 is 1.10 bits per heavy atom. The number of carbonyl (C=O) groups is 3. The number of nitrogens with one attached hydrogen (secondary N) is 1. The van der Waals surface area contributed by atoms with Crippen molar-refractivity contribution >= 4 is 34.2 Å². The molecule has 146 valence electrons. The smallest absolute Gasteiger partial charge is 0.261 e. The van der Waals surface area contributed by atoms with Crippen LogP contribution >= 0.6 is 11.3 Å². The van der Waals surface area contributed by atoms with Crippen molar-refractivity contribution in [2.24, 2.45) is 5.92 Å². The summed E-state index contributed by atoms with van der Waals surface area (Å²) in [7, 11) is 0. The van der Waals surface area contributed by atoms with Gasteiger partial charge in [-0.25, -0.2) is 4.98 Å². The van der Waals surface area contributed by atoms with Gasteiger partial charge >= 0.3 is 0 Å². The van der Waals surface area contributed by atoms with Crippen molar-refractivity contribution in [3.05, 3.63) is 64.7 Å². The molecule has 1 aromatic carbocycles. The Hall–Kier alpha value is -3.39. The van der Waals surface area contributed by atoms with Crippen molar-refractivity contribution in [1.82, 2.24) is 14.9 Å². The zero-order chi connectivity index (χ0) is 20.5. The Bertz CT molecular complexity index is 1110. The van der Waals surface area contributed by atoms with Crippen LogP contribution in [0.4, 0.5) is 5.13 Å². The van der Waals surface area contributed by atoms with Gasteiger partial charge in [0, 0.05) is 23.7 Å². The first kappa shape index (κ1) is 18.9. The van der Waals surface area contributed by atoms with Crippen LogP contribution in [0.1, 0.15) is 44.9 Å². The number of amides is 3. The second-order valence-corrected chi connectivity index (χ2v) is 7.94. The van der Waals surface area contributed by atoms with E-state index in [2.05, 4.69) is 15.3 Å². The SMILES string of the molecule is CC(C)CN1C(=O)c2ccc(C(=O)Nc3nc(-c4ccccn4)cs3)cc2C1=O. The van der Waals surface area contributed by atoms with Gasteiger partial charge in [-0.3, -0.25) is 29.6 Å². The molecule has 2 aromatic heterocycles. The first-order valence-electron chi connectivity index (χ1n) is 9.12. The molecule has 1 aliphatic rings. The number of benzene rings is 1. The van der Waals surface area contributed by atoms with Crippen LogP contribution in [-0.2, 0) is 0 Å². The molecule has 4 rings (SSSR count). The van der Waals surface area contributed by atoms with Crippen LogP contribution in [0.15, 0.2) is 48.0 Å². The minimum atomic E-state index is -0.391. The van der Waals surface area contributed by atoms with E-state index in [0.29, 0.717) is 28.5 Å². The van der Waals surface area contributed by atoms with Crippen LogP contribution in [0.3, 0.4) is 0 Å². The number of hydrogen-bond acceptors (Lipinski definition) is 6. The quantitative estimate of drug-likeness (QED) is 0.652. The van der Waals surface area contributed by atoms with Crippen LogP contribution in [0, 0.1) is 5.92 Å². The summed E-state index contributed by atoms with van der Waals surface area (Å²) in [5.74, 6) is -0.902. The normalized spacial score (nSPS) is 13.1. The molecule has 3 amide bonds. The maximum Gasteiger partial charge on any atom is 0.261 e. The second-order valence-electron chi connectivity index (χ2n) is 7.08. The number of rotatable bonds is 5. The highest BCUT2D eigenvalue weighted by atomic mass is 32.1. The van der Waals surface area contributed by atoms with Gasteiger partial charge in [-0.05, 0) is 36.2 Å². The molecule has 3 heterocycles. The monoisotopic (exact) mass is 406 g/mol. The summed E-state index contributed by atoms with van der Waals surface area (Å²) in [5, 5.41) is 4.98. The molecule has 1 aliphatic heterocycles. The molecule has 0 unspecified atom stereocenters. The fourth-order valence-electron chi connectivity index (χ4n) is 3.10. The molecule has 0 bridgehead atoms. The van der Waals surface area contributed by atoms with Gasteiger partial charge in [-0.15, -0.1) is 11.3 Å². The lowest BCUT2D eigenvalue weighted by atomic mass is 10.1. The van der Waals surface area contributed by atoms with Crippen molar-refractivity contribution in [1.29, 1.82) is 0 Å². The highest BCUT2D eigenvalue weighted by Gasteiger charge is 2.36. The number of hydrogen-bond donors (Lipinski definition) is 1. The third-order valence-corrected chi connectivity index (χ3v) is 5.19. The Labute approximate surface area is 171 Å². The van der Waals surface area contributed by atoms with Gasteiger partial charge in [-0.1, -0.05) is 19.9 Å². The molecule has 0 aliphatic carbocycles. The molecule has 1 N–H and O–H groups in total. The first-order chi connectivity index (χ1) is 13.9. The summed E-state index contributed by atoms with van der Waals surface area (Å²) in [6.07, 6.45) is 1.68. The number of nitrogens with zero attached hydrogens (tertiary/aromatic N) is 3. The van der Waals surface area contributed by atoms with E-state index < -0.39 is 5.91 Å². The minimum absolute atomic E-state index is 0.165. The van der Waals surface area contributed by atoms with Crippen molar-refractivity contribution in [2.45, 2.75) is 13.8 Å². The molecule has 8 heteroatoms. The number of anilines is 1. The van der Waals surface area contributed by atoms with Crippen molar-refractivity contribution in [2.75, 3.05) is 11.9 Å². The van der Waals surface area contributed by atoms with E-state index in [0.717, 1.165) is 5.69 Å². The van der Waals surface area contributed by atoms with Gasteiger partial charge in [0.25, 0.3) is 17.7 Å². The number of thiazole rings is 1. The predicted molar refractivity (Wildman–Crippen MR) is 110 cm³/mol. The van der Waals surface area contributed by atoms with Gasteiger partial charge in [-0.2, -0.15) is 0 Å². The van der Waals surface area contributed by atoms with Crippen molar-refractivity contribution < 1.29 is 14.4 Å². The molecular formula is C21H18N4O3S. The van der Waals surface area contributed by atoms with Gasteiger partial charge in [0.1, 0.15) is 5.69 Å². The van der Waals surface area contributed by atoms with Gasteiger partial charge < -0.3 is 0 Å². The molecule has 0 radical (unpaired) electrons. The summed E-state index contributed by atoms with van der Waals surface area (Å²) >= 11 is 1.29. The van der Waals surface area contributed by atoms with Crippen molar-refractivity contribution in [3.63, 3.8) is 0 Å². The molecule has 0 atom stereocenters. The van der Waals surface area contributed by atoms with E-state index >= 15 is 0 Å². The number of aromatic nitrogens is 2. The zero-order valence-corrected chi connectivity index (χ0v) is 16.7. The topological polar surface area (TPSA) is 92.3 Å². The average Bonchev–Trinajstić information content (AvgIpc) is 3.27. The standard InChI is InChI=1S/C21H18N4O3S/c1-12(2)10-25-19(27)14-7-6-13(9-15(14)20(25)28)18(26)24-21-23-17(11-29-21)16-5-3-4-8-22-16/h3-9,11-12H,10H2,1-2H3,(H,23,24,26). The number of carbonyl (C=O) groups excluding carboxylic acids is 3. The fraction of sp³-hybridized carbons (Fsp3) is 0.190. The minimum Gasteiger partial charge on any atom is -0.298 e. The molecular weight excluding hydrogens is 388 g/mol. The summed E-state index contributed by atoms with van der Waals surface area (Å²) in [6, 6.07) is 10.1. The average molecular weight is 406 g/mol. The van der Waals surface area contributed by atoms with E-state index in [1.807, 2.05) is 37.4 Å². The van der Waals surface area contributed by atoms with Crippen LogP contribution < -0.4 is 5.32 Å². The lowest BCUT2D eigenvalue weighted by Crippen LogP contribution is -2.33. The van der Waals surface area contributed by atoms with E-state index in [1.54, 1.807) is 12.3 Å². The Morgan fingerprint density at radius 2 is 1.90 bits per heavy atom. The molecule has 0 saturated carbocycles. The van der Waals surface area contributed by atoms with Crippen molar-refractivity contribution in [3.8, 4) is 11.4 Å². The second kappa shape index (κ2) is 7.56. The number of fused-ring (bicyclic) bond motifs is 1. The Morgan fingerprint density at radius 3 is 2.62 bits per heavy atom. The van der Waals surface area contributed by atoms with Gasteiger partial charge in [0.15, 0.2) is 5.13 Å². The van der Waals surface area contributed by atoms with Crippen LogP contribution in [0.5, 0.6) is 0 Å². The fourth-order valence-corrected chi connectivity index (χ4v) is 3.79. The molecule has 29 heavy (non-hydrogen) atoms. The first-order valence-corrected chi connectivity index (χ1v) is 10.0. The highest BCUT2D eigenvalue weighted by Crippen LogP contribution is 2.26. The number of pyridine rings is 1. The van der Waals surface area contributed by atoms with Gasteiger partial charge in [0.05, 0.1) is 16.8 Å². The summed E-state index contributed by atoms with van der Waals surface area (Å²) in [6.45, 7) is 4.23. The molecule has 0 spiro atoms. The molecule has 0 fully saturated rings. The highest BCUT2D eigenvalue weighted by molar-refractivity contribution is 7.14. The number of imide groups is 1. The third kappa shape index (κ3) is 3.66. The van der Waals surface area contributed by atoms with E-state index in [-0.39, 0.29) is 23.3 Å². The lowest BCUT2D eigenvalue weighted by Gasteiger charge is -2.15. The maximum absolute atomic E-state index is 12.6. The Kier molecular flexibility index (Phi) is 4.94. The molecule has 7 nitrogen and oxygen atoms in total. The van der Waals surface area contributed by atoms with Crippen LogP contribution in [0.2, 0.25) is 0 Å². The van der Waals surface area contributed by atoms with Crippen LogP contribution in [-0.4, -0.2) is 39.1 Å². The summed E-state index contributed by atoms with van der Waals surface area (Å²) in [4.78, 5) is 47.5. The van der Waals surface area contributed by atoms with Gasteiger partial charge in [0.2, 0.25) is 0 Å².